The van der Waals surface area contributed by atoms with Crippen LogP contribution in [-0.4, -0.2) is 21.7 Å². The standard InChI is InChI=1S/C14H11ClN4O4/c1-8-3-2-6-16-12(8)18-14(21)13(20)17-11-7-9(19(22)23)4-5-10(11)15/h2-7H,1H3,(H,17,20)(H,16,18,21). The molecule has 1 aromatic heterocycles. The molecule has 1 heterocycles. The molecule has 23 heavy (non-hydrogen) atoms. The van der Waals surface area contributed by atoms with Gasteiger partial charge in [0.2, 0.25) is 0 Å². The molecule has 118 valence electrons. The number of aryl methyl sites for hydroxylation is 1. The zero-order chi connectivity index (χ0) is 17.0. The first-order valence-electron chi connectivity index (χ1n) is 6.36. The third-order valence-corrected chi connectivity index (χ3v) is 3.19. The predicted octanol–water partition coefficient (Wildman–Crippen LogP) is 2.53. The summed E-state index contributed by atoms with van der Waals surface area (Å²) in [6, 6.07) is 6.93. The summed E-state index contributed by atoms with van der Waals surface area (Å²) in [5.74, 6) is -1.73. The number of non-ortho nitro benzene ring substituents is 1. The number of nitro groups is 1. The highest BCUT2D eigenvalue weighted by atomic mass is 35.5. The largest absolute Gasteiger partial charge is 0.316 e. The molecule has 0 fully saturated rings. The van der Waals surface area contributed by atoms with Crippen molar-refractivity contribution in [2.75, 3.05) is 10.6 Å². The number of pyridine rings is 1. The van der Waals surface area contributed by atoms with E-state index < -0.39 is 16.7 Å². The van der Waals surface area contributed by atoms with Gasteiger partial charge in [0, 0.05) is 18.3 Å². The molecular weight excluding hydrogens is 324 g/mol. The van der Waals surface area contributed by atoms with Crippen LogP contribution in [-0.2, 0) is 9.59 Å². The first kappa shape index (κ1) is 16.4. The fourth-order valence-electron chi connectivity index (χ4n) is 1.68. The molecule has 0 saturated heterocycles. The van der Waals surface area contributed by atoms with E-state index in [2.05, 4.69) is 15.6 Å². The van der Waals surface area contributed by atoms with Gasteiger partial charge < -0.3 is 10.6 Å². The highest BCUT2D eigenvalue weighted by molar-refractivity contribution is 6.44. The zero-order valence-corrected chi connectivity index (χ0v) is 12.6. The van der Waals surface area contributed by atoms with Crippen LogP contribution in [0.5, 0.6) is 0 Å². The van der Waals surface area contributed by atoms with Crippen molar-refractivity contribution in [1.29, 1.82) is 0 Å². The summed E-state index contributed by atoms with van der Waals surface area (Å²) in [5.41, 5.74) is 0.395. The Morgan fingerprint density at radius 1 is 1.22 bits per heavy atom. The summed E-state index contributed by atoms with van der Waals surface area (Å²) in [7, 11) is 0. The van der Waals surface area contributed by atoms with Crippen LogP contribution in [0.2, 0.25) is 5.02 Å². The highest BCUT2D eigenvalue weighted by Gasteiger charge is 2.18. The van der Waals surface area contributed by atoms with E-state index in [1.165, 1.54) is 18.3 Å². The number of nitrogens with one attached hydrogen (secondary N) is 2. The van der Waals surface area contributed by atoms with E-state index in [0.717, 1.165) is 6.07 Å². The van der Waals surface area contributed by atoms with Crippen molar-refractivity contribution in [1.82, 2.24) is 4.98 Å². The molecule has 8 nitrogen and oxygen atoms in total. The zero-order valence-electron chi connectivity index (χ0n) is 11.9. The van der Waals surface area contributed by atoms with Gasteiger partial charge in [0.1, 0.15) is 5.82 Å². The van der Waals surface area contributed by atoms with Crippen LogP contribution < -0.4 is 10.6 Å². The Morgan fingerprint density at radius 2 is 1.91 bits per heavy atom. The van der Waals surface area contributed by atoms with Crippen molar-refractivity contribution in [2.45, 2.75) is 6.92 Å². The molecule has 0 spiro atoms. The Labute approximate surface area is 135 Å². The van der Waals surface area contributed by atoms with E-state index >= 15 is 0 Å². The van der Waals surface area contributed by atoms with Crippen molar-refractivity contribution in [2.24, 2.45) is 0 Å². The quantitative estimate of drug-likeness (QED) is 0.508. The molecule has 0 radical (unpaired) electrons. The monoisotopic (exact) mass is 334 g/mol. The van der Waals surface area contributed by atoms with Gasteiger partial charge in [0.05, 0.1) is 15.6 Å². The maximum Gasteiger partial charge on any atom is 0.315 e. The van der Waals surface area contributed by atoms with Gasteiger partial charge >= 0.3 is 11.8 Å². The van der Waals surface area contributed by atoms with E-state index in [0.29, 0.717) is 5.56 Å². The van der Waals surface area contributed by atoms with Gasteiger partial charge in [-0.3, -0.25) is 19.7 Å². The Kier molecular flexibility index (Phi) is 4.87. The lowest BCUT2D eigenvalue weighted by Crippen LogP contribution is -2.29. The van der Waals surface area contributed by atoms with Crippen LogP contribution in [0.3, 0.4) is 0 Å². The smallest absolute Gasteiger partial charge is 0.315 e. The van der Waals surface area contributed by atoms with Crippen molar-refractivity contribution < 1.29 is 14.5 Å². The average Bonchev–Trinajstić information content (AvgIpc) is 2.51. The number of halogens is 1. The molecule has 2 amide bonds. The van der Waals surface area contributed by atoms with Crippen LogP contribution >= 0.6 is 11.6 Å². The summed E-state index contributed by atoms with van der Waals surface area (Å²) >= 11 is 5.85. The lowest BCUT2D eigenvalue weighted by molar-refractivity contribution is -0.384. The van der Waals surface area contributed by atoms with E-state index in [1.54, 1.807) is 19.1 Å². The van der Waals surface area contributed by atoms with Gasteiger partial charge in [0.15, 0.2) is 0 Å². The summed E-state index contributed by atoms with van der Waals surface area (Å²) in [6.07, 6.45) is 1.47. The molecule has 1 aromatic carbocycles. The predicted molar refractivity (Wildman–Crippen MR) is 84.3 cm³/mol. The molecule has 0 aliphatic rings. The molecular formula is C14H11ClN4O4. The Hall–Kier alpha value is -3.00. The van der Waals surface area contributed by atoms with Gasteiger partial charge in [0.25, 0.3) is 5.69 Å². The lowest BCUT2D eigenvalue weighted by atomic mass is 10.2. The minimum absolute atomic E-state index is 0.0289. The Bertz CT molecular complexity index is 794. The molecule has 2 N–H and O–H groups in total. The maximum atomic E-state index is 11.9. The number of carbonyl (C=O) groups is 2. The minimum atomic E-state index is -1.02. The molecule has 2 aromatic rings. The third kappa shape index (κ3) is 4.01. The number of anilines is 2. The average molecular weight is 335 g/mol. The topological polar surface area (TPSA) is 114 Å². The van der Waals surface area contributed by atoms with E-state index in [4.69, 9.17) is 11.6 Å². The van der Waals surface area contributed by atoms with Crippen LogP contribution in [0.4, 0.5) is 17.2 Å². The van der Waals surface area contributed by atoms with Crippen LogP contribution in [0, 0.1) is 17.0 Å². The number of amides is 2. The second kappa shape index (κ2) is 6.84. The van der Waals surface area contributed by atoms with Gasteiger partial charge in [-0.15, -0.1) is 0 Å². The summed E-state index contributed by atoms with van der Waals surface area (Å²) in [4.78, 5) is 37.8. The number of hydrogen-bond donors (Lipinski definition) is 2. The van der Waals surface area contributed by atoms with Crippen LogP contribution in [0.25, 0.3) is 0 Å². The SMILES string of the molecule is Cc1cccnc1NC(=O)C(=O)Nc1cc([N+](=O)[O-])ccc1Cl. The number of carbonyl (C=O) groups excluding carboxylic acids is 2. The number of benzene rings is 1. The van der Waals surface area contributed by atoms with Gasteiger partial charge in [-0.2, -0.15) is 0 Å². The van der Waals surface area contributed by atoms with Crippen molar-refractivity contribution in [3.8, 4) is 0 Å². The molecule has 0 unspecified atom stereocenters. The second-order valence-electron chi connectivity index (χ2n) is 4.50. The third-order valence-electron chi connectivity index (χ3n) is 2.86. The molecule has 0 aliphatic heterocycles. The van der Waals surface area contributed by atoms with Crippen LogP contribution in [0.1, 0.15) is 5.56 Å². The second-order valence-corrected chi connectivity index (χ2v) is 4.91. The summed E-state index contributed by atoms with van der Waals surface area (Å²) in [6.45, 7) is 1.72. The number of aromatic nitrogens is 1. The lowest BCUT2D eigenvalue weighted by Gasteiger charge is -2.08. The first-order chi connectivity index (χ1) is 10.9. The normalized spacial score (nSPS) is 10.0. The minimum Gasteiger partial charge on any atom is -0.316 e. The summed E-state index contributed by atoms with van der Waals surface area (Å²) in [5, 5.41) is 15.4. The number of rotatable bonds is 3. The van der Waals surface area contributed by atoms with Crippen molar-refractivity contribution in [3.05, 3.63) is 57.2 Å². The summed E-state index contributed by atoms with van der Waals surface area (Å²) < 4.78 is 0. The van der Waals surface area contributed by atoms with E-state index in [1.807, 2.05) is 0 Å². The van der Waals surface area contributed by atoms with Gasteiger partial charge in [-0.25, -0.2) is 4.98 Å². The Balaban J connectivity index is 2.13. The van der Waals surface area contributed by atoms with Crippen LogP contribution in [0.15, 0.2) is 36.5 Å². The van der Waals surface area contributed by atoms with Crippen molar-refractivity contribution >= 4 is 40.6 Å². The fourth-order valence-corrected chi connectivity index (χ4v) is 1.85. The first-order valence-corrected chi connectivity index (χ1v) is 6.74. The molecule has 2 rings (SSSR count). The molecule has 0 aliphatic carbocycles. The number of hydrogen-bond acceptors (Lipinski definition) is 5. The molecule has 0 bridgehead atoms. The maximum absolute atomic E-state index is 11.9. The fraction of sp³-hybridized carbons (Fsp3) is 0.0714. The Morgan fingerprint density at radius 3 is 2.57 bits per heavy atom. The molecule has 0 saturated carbocycles. The van der Waals surface area contributed by atoms with E-state index in [9.17, 15) is 19.7 Å². The van der Waals surface area contributed by atoms with Gasteiger partial charge in [-0.05, 0) is 24.6 Å². The number of nitrogens with zero attached hydrogens (tertiary/aromatic N) is 2. The van der Waals surface area contributed by atoms with Crippen molar-refractivity contribution in [3.63, 3.8) is 0 Å². The number of nitro benzene ring substituents is 1. The highest BCUT2D eigenvalue weighted by Crippen LogP contribution is 2.26. The molecule has 0 atom stereocenters. The van der Waals surface area contributed by atoms with E-state index in [-0.39, 0.29) is 22.2 Å². The van der Waals surface area contributed by atoms with Gasteiger partial charge in [-0.1, -0.05) is 17.7 Å². The molecule has 9 heteroatoms.